The molecular formula is C12H22ClNO3S. The Morgan fingerprint density at radius 1 is 1.28 bits per heavy atom. The first-order valence-electron chi connectivity index (χ1n) is 6.23. The Morgan fingerprint density at radius 2 is 1.78 bits per heavy atom. The summed E-state index contributed by atoms with van der Waals surface area (Å²) in [5.74, 6) is -0.119. The second kappa shape index (κ2) is 5.37. The quantitative estimate of drug-likeness (QED) is 0.805. The van der Waals surface area contributed by atoms with Crippen molar-refractivity contribution in [2.75, 3.05) is 12.1 Å². The SMILES string of the molecule is CC(C)(C(=O)NC1(CCl)CCCCC1)S(C)(=O)=O. The second-order valence-electron chi connectivity index (χ2n) is 5.71. The monoisotopic (exact) mass is 295 g/mol. The van der Waals surface area contributed by atoms with Gasteiger partial charge in [-0.3, -0.25) is 4.79 Å². The number of rotatable bonds is 4. The third-order valence-electron chi connectivity index (χ3n) is 3.92. The summed E-state index contributed by atoms with van der Waals surface area (Å²) >= 11 is 5.98. The van der Waals surface area contributed by atoms with Gasteiger partial charge in [-0.2, -0.15) is 0 Å². The van der Waals surface area contributed by atoms with Crippen LogP contribution in [0, 0.1) is 0 Å². The van der Waals surface area contributed by atoms with Gasteiger partial charge >= 0.3 is 0 Å². The molecule has 1 amide bonds. The van der Waals surface area contributed by atoms with Crippen molar-refractivity contribution in [1.29, 1.82) is 0 Å². The van der Waals surface area contributed by atoms with Gasteiger partial charge in [0.25, 0.3) is 0 Å². The first-order valence-corrected chi connectivity index (χ1v) is 8.65. The molecular weight excluding hydrogens is 274 g/mol. The molecule has 18 heavy (non-hydrogen) atoms. The van der Waals surface area contributed by atoms with E-state index in [1.807, 2.05) is 0 Å². The lowest BCUT2D eigenvalue weighted by atomic mass is 9.83. The number of sulfone groups is 1. The van der Waals surface area contributed by atoms with Gasteiger partial charge in [0.1, 0.15) is 4.75 Å². The fraction of sp³-hybridized carbons (Fsp3) is 0.917. The van der Waals surface area contributed by atoms with E-state index in [1.54, 1.807) is 0 Å². The molecule has 0 aromatic heterocycles. The van der Waals surface area contributed by atoms with Crippen LogP contribution >= 0.6 is 11.6 Å². The molecule has 0 heterocycles. The van der Waals surface area contributed by atoms with Crippen LogP contribution in [0.3, 0.4) is 0 Å². The van der Waals surface area contributed by atoms with E-state index in [0.717, 1.165) is 38.4 Å². The van der Waals surface area contributed by atoms with E-state index in [4.69, 9.17) is 11.6 Å². The molecule has 1 rings (SSSR count). The predicted molar refractivity (Wildman–Crippen MR) is 73.6 cm³/mol. The Balaban J connectivity index is 2.86. The van der Waals surface area contributed by atoms with Crippen molar-refractivity contribution < 1.29 is 13.2 Å². The lowest BCUT2D eigenvalue weighted by Crippen LogP contribution is -2.58. The summed E-state index contributed by atoms with van der Waals surface area (Å²) in [5.41, 5.74) is -0.432. The summed E-state index contributed by atoms with van der Waals surface area (Å²) in [4.78, 5) is 12.2. The highest BCUT2D eigenvalue weighted by atomic mass is 35.5. The molecule has 0 saturated heterocycles. The van der Waals surface area contributed by atoms with Crippen molar-refractivity contribution in [2.24, 2.45) is 0 Å². The second-order valence-corrected chi connectivity index (χ2v) is 8.54. The smallest absolute Gasteiger partial charge is 0.241 e. The van der Waals surface area contributed by atoms with E-state index in [0.29, 0.717) is 5.88 Å². The van der Waals surface area contributed by atoms with Crippen molar-refractivity contribution in [1.82, 2.24) is 5.32 Å². The summed E-state index contributed by atoms with van der Waals surface area (Å²) in [7, 11) is -3.44. The zero-order valence-corrected chi connectivity index (χ0v) is 12.8. The largest absolute Gasteiger partial charge is 0.348 e. The van der Waals surface area contributed by atoms with Crippen LogP contribution in [0.25, 0.3) is 0 Å². The molecule has 4 nitrogen and oxygen atoms in total. The molecule has 1 fully saturated rings. The summed E-state index contributed by atoms with van der Waals surface area (Å²) in [5, 5.41) is 2.88. The summed E-state index contributed by atoms with van der Waals surface area (Å²) < 4.78 is 21.9. The fourth-order valence-electron chi connectivity index (χ4n) is 2.08. The third kappa shape index (κ3) is 3.18. The number of hydrogen-bond acceptors (Lipinski definition) is 3. The number of halogens is 1. The van der Waals surface area contributed by atoms with Crippen molar-refractivity contribution in [2.45, 2.75) is 56.2 Å². The predicted octanol–water partition coefficient (Wildman–Crippen LogP) is 1.87. The highest BCUT2D eigenvalue weighted by Crippen LogP contribution is 2.30. The standard InChI is InChI=1S/C12H22ClNO3S/c1-11(2,18(3,16)17)10(15)14-12(9-13)7-5-4-6-8-12/h4-9H2,1-3H3,(H,14,15). The lowest BCUT2D eigenvalue weighted by molar-refractivity contribution is -0.125. The van der Waals surface area contributed by atoms with Gasteiger partial charge < -0.3 is 5.32 Å². The maximum absolute atomic E-state index is 12.2. The average molecular weight is 296 g/mol. The minimum atomic E-state index is -3.44. The molecule has 1 saturated carbocycles. The molecule has 0 aliphatic heterocycles. The van der Waals surface area contributed by atoms with Gasteiger partial charge in [-0.25, -0.2) is 8.42 Å². The summed E-state index contributed by atoms with van der Waals surface area (Å²) in [6.45, 7) is 2.87. The van der Waals surface area contributed by atoms with Gasteiger partial charge in [-0.1, -0.05) is 19.3 Å². The Kier molecular flexibility index (Phi) is 4.70. The molecule has 0 aromatic rings. The highest BCUT2D eigenvalue weighted by molar-refractivity contribution is 7.92. The Morgan fingerprint density at radius 3 is 2.17 bits per heavy atom. The van der Waals surface area contributed by atoms with Crippen LogP contribution in [0.1, 0.15) is 46.0 Å². The van der Waals surface area contributed by atoms with Crippen molar-refractivity contribution in [3.8, 4) is 0 Å². The molecule has 0 unspecified atom stereocenters. The molecule has 0 atom stereocenters. The first kappa shape index (κ1) is 15.8. The van der Waals surface area contributed by atoms with E-state index in [-0.39, 0.29) is 0 Å². The number of carbonyl (C=O) groups is 1. The first-order chi connectivity index (χ1) is 8.15. The normalized spacial score (nSPS) is 20.4. The van der Waals surface area contributed by atoms with Crippen molar-refractivity contribution in [3.05, 3.63) is 0 Å². The molecule has 1 N–H and O–H groups in total. The summed E-state index contributed by atoms with van der Waals surface area (Å²) in [6, 6.07) is 0. The van der Waals surface area contributed by atoms with Crippen molar-refractivity contribution >= 4 is 27.3 Å². The van der Waals surface area contributed by atoms with Crippen molar-refractivity contribution in [3.63, 3.8) is 0 Å². The van der Waals surface area contributed by atoms with Gasteiger partial charge in [0, 0.05) is 12.1 Å². The minimum Gasteiger partial charge on any atom is -0.348 e. The maximum Gasteiger partial charge on any atom is 0.241 e. The minimum absolute atomic E-state index is 0.332. The number of hydrogen-bond donors (Lipinski definition) is 1. The molecule has 1 aliphatic carbocycles. The van der Waals surface area contributed by atoms with Crippen LogP contribution in [0.2, 0.25) is 0 Å². The van der Waals surface area contributed by atoms with Gasteiger partial charge in [-0.15, -0.1) is 11.6 Å². The van der Waals surface area contributed by atoms with Gasteiger partial charge in [0.2, 0.25) is 5.91 Å². The summed E-state index contributed by atoms with van der Waals surface area (Å²) in [6.07, 6.45) is 5.91. The van der Waals surface area contributed by atoms with Crippen LogP contribution in [-0.2, 0) is 14.6 Å². The zero-order valence-electron chi connectivity index (χ0n) is 11.3. The van der Waals surface area contributed by atoms with Crippen LogP contribution in [0.15, 0.2) is 0 Å². The lowest BCUT2D eigenvalue weighted by Gasteiger charge is -2.38. The van der Waals surface area contributed by atoms with Gasteiger partial charge in [-0.05, 0) is 26.7 Å². The number of alkyl halides is 1. The third-order valence-corrected chi connectivity index (χ3v) is 6.47. The molecule has 106 valence electrons. The fourth-order valence-corrected chi connectivity index (χ4v) is 2.80. The topological polar surface area (TPSA) is 63.2 Å². The van der Waals surface area contributed by atoms with E-state index in [1.165, 1.54) is 13.8 Å². The highest BCUT2D eigenvalue weighted by Gasteiger charge is 2.42. The maximum atomic E-state index is 12.2. The van der Waals surface area contributed by atoms with Crippen LogP contribution in [-0.4, -0.2) is 36.7 Å². The number of nitrogens with one attached hydrogen (secondary N) is 1. The average Bonchev–Trinajstić information content (AvgIpc) is 2.28. The van der Waals surface area contributed by atoms with E-state index in [2.05, 4.69) is 5.32 Å². The van der Waals surface area contributed by atoms with Gasteiger partial charge in [0.05, 0.1) is 5.54 Å². The van der Waals surface area contributed by atoms with Crippen LogP contribution in [0.4, 0.5) is 0 Å². The van der Waals surface area contributed by atoms with E-state index in [9.17, 15) is 13.2 Å². The van der Waals surface area contributed by atoms with E-state index < -0.39 is 26.0 Å². The van der Waals surface area contributed by atoms with Crippen LogP contribution in [0.5, 0.6) is 0 Å². The Hall–Kier alpha value is -0.290. The van der Waals surface area contributed by atoms with Crippen LogP contribution < -0.4 is 5.32 Å². The molecule has 0 spiro atoms. The Labute approximate surface area is 114 Å². The zero-order chi connectivity index (χ0) is 14.0. The molecule has 1 aliphatic rings. The molecule has 0 radical (unpaired) electrons. The Bertz CT molecular complexity index is 411. The molecule has 6 heteroatoms. The number of amides is 1. The van der Waals surface area contributed by atoms with Gasteiger partial charge in [0.15, 0.2) is 9.84 Å². The van der Waals surface area contributed by atoms with E-state index >= 15 is 0 Å². The molecule has 0 bridgehead atoms. The molecule has 0 aromatic carbocycles. The number of carbonyl (C=O) groups excluding carboxylic acids is 1.